The van der Waals surface area contributed by atoms with Crippen molar-refractivity contribution in [3.05, 3.63) is 29.3 Å². The zero-order valence-corrected chi connectivity index (χ0v) is 10.5. The van der Waals surface area contributed by atoms with Crippen LogP contribution in [0.5, 0.6) is 5.75 Å². The first-order chi connectivity index (χ1) is 7.23. The predicted octanol–water partition coefficient (Wildman–Crippen LogP) is 2.39. The summed E-state index contributed by atoms with van der Waals surface area (Å²) in [6, 6.07) is 5.19. The number of benzene rings is 1. The number of amides is 1. The Labute approximate surface area is 96.7 Å². The van der Waals surface area contributed by atoms with Crippen LogP contribution in [-0.2, 0) is 5.41 Å². The third-order valence-electron chi connectivity index (χ3n) is 2.50. The fourth-order valence-corrected chi connectivity index (χ4v) is 1.41. The number of nitrogens with zero attached hydrogens (tertiary/aromatic N) is 1. The summed E-state index contributed by atoms with van der Waals surface area (Å²) in [5, 5.41) is 9.67. The Hall–Kier alpha value is -1.51. The van der Waals surface area contributed by atoms with Crippen LogP contribution in [0.15, 0.2) is 18.2 Å². The molecule has 0 aromatic heterocycles. The minimum Gasteiger partial charge on any atom is -0.507 e. The fraction of sp³-hybridized carbons (Fsp3) is 0.462. The Kier molecular flexibility index (Phi) is 3.27. The van der Waals surface area contributed by atoms with Crippen LogP contribution in [0.25, 0.3) is 0 Å². The summed E-state index contributed by atoms with van der Waals surface area (Å²) in [5.74, 6) is -0.143. The molecule has 0 saturated heterocycles. The SMILES string of the molecule is CN(C)C(=O)c1cc(C(C)(C)C)ccc1O. The molecule has 0 aliphatic carbocycles. The summed E-state index contributed by atoms with van der Waals surface area (Å²) in [6.45, 7) is 6.22. The molecule has 3 heteroatoms. The number of hydrogen-bond acceptors (Lipinski definition) is 2. The lowest BCUT2D eigenvalue weighted by molar-refractivity contribution is 0.0824. The highest BCUT2D eigenvalue weighted by Crippen LogP contribution is 2.27. The first-order valence-electron chi connectivity index (χ1n) is 5.28. The van der Waals surface area contributed by atoms with Gasteiger partial charge in [-0.15, -0.1) is 0 Å². The summed E-state index contributed by atoms with van der Waals surface area (Å²) in [5.41, 5.74) is 1.36. The van der Waals surface area contributed by atoms with Gasteiger partial charge in [-0.05, 0) is 23.1 Å². The Morgan fingerprint density at radius 2 is 1.81 bits per heavy atom. The van der Waals surface area contributed by atoms with Crippen molar-refractivity contribution in [3.63, 3.8) is 0 Å². The third kappa shape index (κ3) is 2.54. The van der Waals surface area contributed by atoms with Gasteiger partial charge in [-0.25, -0.2) is 0 Å². The van der Waals surface area contributed by atoms with Gasteiger partial charge in [0.25, 0.3) is 5.91 Å². The summed E-state index contributed by atoms with van der Waals surface area (Å²) in [7, 11) is 3.34. The van der Waals surface area contributed by atoms with Crippen LogP contribution in [0, 0.1) is 0 Å². The maximum Gasteiger partial charge on any atom is 0.257 e. The van der Waals surface area contributed by atoms with Crippen LogP contribution >= 0.6 is 0 Å². The summed E-state index contributed by atoms with van der Waals surface area (Å²) >= 11 is 0. The van der Waals surface area contributed by atoms with Crippen molar-refractivity contribution in [2.45, 2.75) is 26.2 Å². The minimum absolute atomic E-state index is 0.0327. The first kappa shape index (κ1) is 12.6. The number of carbonyl (C=O) groups excluding carboxylic acids is 1. The van der Waals surface area contributed by atoms with Crippen molar-refractivity contribution >= 4 is 5.91 Å². The van der Waals surface area contributed by atoms with E-state index in [1.54, 1.807) is 26.2 Å². The van der Waals surface area contributed by atoms with Crippen molar-refractivity contribution in [1.82, 2.24) is 4.90 Å². The number of phenolic OH excluding ortho intramolecular Hbond substituents is 1. The summed E-state index contributed by atoms with van der Waals surface area (Å²) < 4.78 is 0. The lowest BCUT2D eigenvalue weighted by Gasteiger charge is -2.21. The van der Waals surface area contributed by atoms with Gasteiger partial charge >= 0.3 is 0 Å². The molecule has 1 N–H and O–H groups in total. The van der Waals surface area contributed by atoms with E-state index in [1.807, 2.05) is 6.07 Å². The smallest absolute Gasteiger partial charge is 0.257 e. The normalized spacial score (nSPS) is 11.3. The average Bonchev–Trinajstić information content (AvgIpc) is 2.15. The zero-order valence-electron chi connectivity index (χ0n) is 10.5. The van der Waals surface area contributed by atoms with Crippen molar-refractivity contribution < 1.29 is 9.90 Å². The molecule has 0 unspecified atom stereocenters. The molecule has 1 amide bonds. The van der Waals surface area contributed by atoms with E-state index in [4.69, 9.17) is 0 Å². The molecule has 0 radical (unpaired) electrons. The van der Waals surface area contributed by atoms with Crippen molar-refractivity contribution in [2.24, 2.45) is 0 Å². The van der Waals surface area contributed by atoms with Crippen LogP contribution in [0.2, 0.25) is 0 Å². The Morgan fingerprint density at radius 1 is 1.25 bits per heavy atom. The molecule has 1 aromatic rings. The second kappa shape index (κ2) is 4.16. The van der Waals surface area contributed by atoms with Crippen molar-refractivity contribution in [2.75, 3.05) is 14.1 Å². The number of aromatic hydroxyl groups is 1. The van der Waals surface area contributed by atoms with Crippen LogP contribution in [0.1, 0.15) is 36.7 Å². The topological polar surface area (TPSA) is 40.5 Å². The molecular weight excluding hydrogens is 202 g/mol. The molecular formula is C13H19NO2. The van der Waals surface area contributed by atoms with Crippen molar-refractivity contribution in [3.8, 4) is 5.75 Å². The summed E-state index contributed by atoms with van der Waals surface area (Å²) in [4.78, 5) is 13.3. The average molecular weight is 221 g/mol. The van der Waals surface area contributed by atoms with Gasteiger partial charge in [0, 0.05) is 14.1 Å². The molecule has 0 aliphatic heterocycles. The minimum atomic E-state index is -0.177. The molecule has 0 heterocycles. The number of rotatable bonds is 1. The van der Waals surface area contributed by atoms with E-state index in [0.717, 1.165) is 5.56 Å². The van der Waals surface area contributed by atoms with E-state index in [-0.39, 0.29) is 17.1 Å². The second-order valence-electron chi connectivity index (χ2n) is 5.18. The number of carbonyl (C=O) groups is 1. The van der Waals surface area contributed by atoms with E-state index >= 15 is 0 Å². The van der Waals surface area contributed by atoms with Crippen LogP contribution in [-0.4, -0.2) is 30.0 Å². The molecule has 3 nitrogen and oxygen atoms in total. The maximum absolute atomic E-state index is 11.8. The van der Waals surface area contributed by atoms with Gasteiger partial charge in [0.1, 0.15) is 5.75 Å². The molecule has 0 atom stereocenters. The predicted molar refractivity (Wildman–Crippen MR) is 64.8 cm³/mol. The van der Waals surface area contributed by atoms with Gasteiger partial charge in [0.05, 0.1) is 5.56 Å². The monoisotopic (exact) mass is 221 g/mol. The molecule has 0 saturated carbocycles. The molecule has 16 heavy (non-hydrogen) atoms. The van der Waals surface area contributed by atoms with Gasteiger partial charge in [-0.1, -0.05) is 26.8 Å². The quantitative estimate of drug-likeness (QED) is 0.791. The van der Waals surface area contributed by atoms with E-state index < -0.39 is 0 Å². The lowest BCUT2D eigenvalue weighted by Crippen LogP contribution is -2.22. The van der Waals surface area contributed by atoms with E-state index in [9.17, 15) is 9.90 Å². The number of hydrogen-bond donors (Lipinski definition) is 1. The van der Waals surface area contributed by atoms with Gasteiger partial charge in [-0.3, -0.25) is 4.79 Å². The molecule has 0 spiro atoms. The highest BCUT2D eigenvalue weighted by atomic mass is 16.3. The van der Waals surface area contributed by atoms with Gasteiger partial charge in [0.2, 0.25) is 0 Å². The molecule has 88 valence electrons. The van der Waals surface area contributed by atoms with Gasteiger partial charge in [-0.2, -0.15) is 0 Å². The number of phenols is 1. The van der Waals surface area contributed by atoms with Gasteiger partial charge < -0.3 is 10.0 Å². The van der Waals surface area contributed by atoms with E-state index in [1.165, 1.54) is 4.90 Å². The Balaban J connectivity index is 3.25. The lowest BCUT2D eigenvalue weighted by atomic mass is 9.86. The standard InChI is InChI=1S/C13H19NO2/c1-13(2,3)9-6-7-11(15)10(8-9)12(16)14(4)5/h6-8,15H,1-5H3. The third-order valence-corrected chi connectivity index (χ3v) is 2.50. The highest BCUT2D eigenvalue weighted by molar-refractivity contribution is 5.96. The van der Waals surface area contributed by atoms with Crippen LogP contribution < -0.4 is 0 Å². The Bertz CT molecular complexity index is 403. The first-order valence-corrected chi connectivity index (χ1v) is 5.28. The van der Waals surface area contributed by atoms with Crippen LogP contribution in [0.3, 0.4) is 0 Å². The van der Waals surface area contributed by atoms with E-state index in [2.05, 4.69) is 20.8 Å². The van der Waals surface area contributed by atoms with Crippen molar-refractivity contribution in [1.29, 1.82) is 0 Å². The van der Waals surface area contributed by atoms with E-state index in [0.29, 0.717) is 5.56 Å². The maximum atomic E-state index is 11.8. The molecule has 0 fully saturated rings. The van der Waals surface area contributed by atoms with Crippen LogP contribution in [0.4, 0.5) is 0 Å². The highest BCUT2D eigenvalue weighted by Gasteiger charge is 2.19. The zero-order chi connectivity index (χ0) is 12.5. The summed E-state index contributed by atoms with van der Waals surface area (Å²) in [6.07, 6.45) is 0. The molecule has 0 bridgehead atoms. The van der Waals surface area contributed by atoms with Gasteiger partial charge in [0.15, 0.2) is 0 Å². The molecule has 1 rings (SSSR count). The Morgan fingerprint density at radius 3 is 2.25 bits per heavy atom. The molecule has 0 aliphatic rings. The molecule has 1 aromatic carbocycles. The fourth-order valence-electron chi connectivity index (χ4n) is 1.41. The largest absolute Gasteiger partial charge is 0.507 e. The second-order valence-corrected chi connectivity index (χ2v) is 5.18.